The Hall–Kier alpha value is -3.46. The molecule has 0 heterocycles. The zero-order chi connectivity index (χ0) is 21.8. The first kappa shape index (κ1) is 22.8. The van der Waals surface area contributed by atoms with E-state index in [2.05, 4.69) is 12.2 Å². The van der Waals surface area contributed by atoms with E-state index in [0.717, 1.165) is 25.0 Å². The molecule has 0 bridgehead atoms. The summed E-state index contributed by atoms with van der Waals surface area (Å²) in [5, 5.41) is 12.2. The highest BCUT2D eigenvalue weighted by Crippen LogP contribution is 2.29. The first-order valence-electron chi connectivity index (χ1n) is 10.1. The van der Waals surface area contributed by atoms with Crippen LogP contribution in [0.15, 0.2) is 48.0 Å². The van der Waals surface area contributed by atoms with E-state index in [-0.39, 0.29) is 5.57 Å². The van der Waals surface area contributed by atoms with Gasteiger partial charge in [0.1, 0.15) is 17.4 Å². The molecule has 0 saturated heterocycles. The number of amides is 1. The van der Waals surface area contributed by atoms with Gasteiger partial charge in [0.25, 0.3) is 5.91 Å². The molecule has 0 fully saturated rings. The third-order valence-corrected chi connectivity index (χ3v) is 4.29. The van der Waals surface area contributed by atoms with Crippen LogP contribution in [0.4, 0.5) is 5.69 Å². The lowest BCUT2D eigenvalue weighted by Gasteiger charge is -2.10. The van der Waals surface area contributed by atoms with Crippen LogP contribution in [0.2, 0.25) is 0 Å². The first-order chi connectivity index (χ1) is 14.6. The third kappa shape index (κ3) is 6.85. The molecule has 6 nitrogen and oxygen atoms in total. The fourth-order valence-electron chi connectivity index (χ4n) is 2.74. The molecular weight excluding hydrogens is 380 g/mol. The summed E-state index contributed by atoms with van der Waals surface area (Å²) in [6, 6.07) is 14.3. The van der Waals surface area contributed by atoms with Crippen LogP contribution in [-0.2, 0) is 4.79 Å². The summed E-state index contributed by atoms with van der Waals surface area (Å²) >= 11 is 0. The number of methoxy groups -OCH3 is 1. The SMILES string of the molecule is CCCCCOc1ccc(NC(=O)/C(C#N)=C/c2ccc(OCC)c(OC)c2)cc1. The Balaban J connectivity index is 2.05. The van der Waals surface area contributed by atoms with Gasteiger partial charge in [-0.2, -0.15) is 5.26 Å². The summed E-state index contributed by atoms with van der Waals surface area (Å²) in [6.45, 7) is 5.22. The number of benzene rings is 2. The maximum atomic E-state index is 12.5. The van der Waals surface area contributed by atoms with E-state index in [0.29, 0.717) is 36.0 Å². The zero-order valence-electron chi connectivity index (χ0n) is 17.7. The number of nitriles is 1. The Labute approximate surface area is 178 Å². The molecule has 2 aromatic rings. The number of nitrogens with one attached hydrogen (secondary N) is 1. The van der Waals surface area contributed by atoms with Gasteiger partial charge in [-0.1, -0.05) is 25.8 Å². The minimum absolute atomic E-state index is 0.0129. The van der Waals surface area contributed by atoms with Crippen LogP contribution in [0.25, 0.3) is 6.08 Å². The second-order valence-electron chi connectivity index (χ2n) is 6.55. The highest BCUT2D eigenvalue weighted by Gasteiger charge is 2.11. The molecule has 0 aliphatic heterocycles. The van der Waals surface area contributed by atoms with Crippen molar-refractivity contribution in [1.29, 1.82) is 5.26 Å². The molecule has 0 saturated carbocycles. The van der Waals surface area contributed by atoms with Gasteiger partial charge >= 0.3 is 0 Å². The van der Waals surface area contributed by atoms with Gasteiger partial charge in [0.05, 0.1) is 20.3 Å². The second kappa shape index (κ2) is 12.2. The molecule has 0 atom stereocenters. The molecular formula is C24H28N2O4. The Kier molecular flexibility index (Phi) is 9.26. The van der Waals surface area contributed by atoms with E-state index in [1.165, 1.54) is 6.08 Å². The van der Waals surface area contributed by atoms with Crippen molar-refractivity contribution in [3.8, 4) is 23.3 Å². The first-order valence-corrected chi connectivity index (χ1v) is 10.1. The van der Waals surface area contributed by atoms with Crippen molar-refractivity contribution in [3.63, 3.8) is 0 Å². The molecule has 0 radical (unpaired) electrons. The average Bonchev–Trinajstić information content (AvgIpc) is 2.77. The Bertz CT molecular complexity index is 898. The molecule has 0 spiro atoms. The molecule has 0 aliphatic carbocycles. The number of carbonyl (C=O) groups excluding carboxylic acids is 1. The molecule has 0 aromatic heterocycles. The maximum absolute atomic E-state index is 12.5. The van der Waals surface area contributed by atoms with Crippen LogP contribution in [0.5, 0.6) is 17.2 Å². The molecule has 2 aromatic carbocycles. The molecule has 30 heavy (non-hydrogen) atoms. The Morgan fingerprint density at radius 3 is 2.47 bits per heavy atom. The van der Waals surface area contributed by atoms with E-state index < -0.39 is 5.91 Å². The van der Waals surface area contributed by atoms with E-state index in [9.17, 15) is 10.1 Å². The minimum atomic E-state index is -0.484. The van der Waals surface area contributed by atoms with Crippen LogP contribution in [0, 0.1) is 11.3 Å². The summed E-state index contributed by atoms with van der Waals surface area (Å²) in [5.74, 6) is 1.42. The van der Waals surface area contributed by atoms with E-state index in [4.69, 9.17) is 14.2 Å². The largest absolute Gasteiger partial charge is 0.494 e. The predicted molar refractivity (Wildman–Crippen MR) is 118 cm³/mol. The molecule has 2 rings (SSSR count). The van der Waals surface area contributed by atoms with Gasteiger partial charge in [0, 0.05) is 5.69 Å². The number of carbonyl (C=O) groups is 1. The van der Waals surface area contributed by atoms with Gasteiger partial charge in [-0.25, -0.2) is 0 Å². The van der Waals surface area contributed by atoms with Gasteiger partial charge in [-0.15, -0.1) is 0 Å². The smallest absolute Gasteiger partial charge is 0.266 e. The lowest BCUT2D eigenvalue weighted by atomic mass is 10.1. The van der Waals surface area contributed by atoms with Crippen molar-refractivity contribution in [3.05, 3.63) is 53.6 Å². The number of nitrogens with zero attached hydrogens (tertiary/aromatic N) is 1. The van der Waals surface area contributed by atoms with Gasteiger partial charge in [-0.05, 0) is 61.4 Å². The van der Waals surface area contributed by atoms with Crippen molar-refractivity contribution < 1.29 is 19.0 Å². The van der Waals surface area contributed by atoms with Crippen LogP contribution >= 0.6 is 0 Å². The number of ether oxygens (including phenoxy) is 3. The number of hydrogen-bond donors (Lipinski definition) is 1. The van der Waals surface area contributed by atoms with Crippen molar-refractivity contribution in [2.75, 3.05) is 25.6 Å². The van der Waals surface area contributed by atoms with Gasteiger partial charge in [-0.3, -0.25) is 4.79 Å². The van der Waals surface area contributed by atoms with E-state index in [1.54, 1.807) is 49.6 Å². The van der Waals surface area contributed by atoms with E-state index in [1.807, 2.05) is 13.0 Å². The summed E-state index contributed by atoms with van der Waals surface area (Å²) in [6.07, 6.45) is 4.81. The standard InChI is InChI=1S/C24H28N2O4/c1-4-6-7-14-30-21-11-9-20(10-12-21)26-24(27)19(17-25)15-18-8-13-22(29-5-2)23(16-18)28-3/h8-13,15-16H,4-7,14H2,1-3H3,(H,26,27)/b19-15+. The van der Waals surface area contributed by atoms with Crippen LogP contribution in [0.3, 0.4) is 0 Å². The molecule has 0 unspecified atom stereocenters. The number of anilines is 1. The lowest BCUT2D eigenvalue weighted by Crippen LogP contribution is -2.13. The fourth-order valence-corrected chi connectivity index (χ4v) is 2.74. The second-order valence-corrected chi connectivity index (χ2v) is 6.55. The van der Waals surface area contributed by atoms with Gasteiger partial charge < -0.3 is 19.5 Å². The summed E-state index contributed by atoms with van der Waals surface area (Å²) < 4.78 is 16.5. The van der Waals surface area contributed by atoms with Crippen molar-refractivity contribution in [2.45, 2.75) is 33.1 Å². The predicted octanol–water partition coefficient (Wildman–Crippen LogP) is 5.21. The monoisotopic (exact) mass is 408 g/mol. The molecule has 158 valence electrons. The molecule has 0 aliphatic rings. The summed E-state index contributed by atoms with van der Waals surface area (Å²) in [4.78, 5) is 12.5. The van der Waals surface area contributed by atoms with Crippen LogP contribution in [0.1, 0.15) is 38.7 Å². The highest BCUT2D eigenvalue weighted by molar-refractivity contribution is 6.09. The molecule has 6 heteroatoms. The normalized spacial score (nSPS) is 10.8. The van der Waals surface area contributed by atoms with Gasteiger partial charge in [0.2, 0.25) is 0 Å². The summed E-state index contributed by atoms with van der Waals surface area (Å²) in [7, 11) is 1.54. The Morgan fingerprint density at radius 2 is 1.83 bits per heavy atom. The van der Waals surface area contributed by atoms with Crippen molar-refractivity contribution in [2.24, 2.45) is 0 Å². The zero-order valence-corrected chi connectivity index (χ0v) is 17.7. The maximum Gasteiger partial charge on any atom is 0.266 e. The Morgan fingerprint density at radius 1 is 1.07 bits per heavy atom. The fraction of sp³-hybridized carbons (Fsp3) is 0.333. The van der Waals surface area contributed by atoms with E-state index >= 15 is 0 Å². The molecule has 1 amide bonds. The highest BCUT2D eigenvalue weighted by atomic mass is 16.5. The topological polar surface area (TPSA) is 80.6 Å². The lowest BCUT2D eigenvalue weighted by molar-refractivity contribution is -0.112. The van der Waals surface area contributed by atoms with Gasteiger partial charge in [0.15, 0.2) is 11.5 Å². The average molecular weight is 408 g/mol. The quantitative estimate of drug-likeness (QED) is 0.314. The number of unbranched alkanes of at least 4 members (excludes halogenated alkanes) is 2. The molecule has 1 N–H and O–H groups in total. The number of rotatable bonds is 11. The minimum Gasteiger partial charge on any atom is -0.494 e. The van der Waals surface area contributed by atoms with Crippen LogP contribution in [-0.4, -0.2) is 26.2 Å². The number of hydrogen-bond acceptors (Lipinski definition) is 5. The van der Waals surface area contributed by atoms with Crippen LogP contribution < -0.4 is 19.5 Å². The van der Waals surface area contributed by atoms with Crippen molar-refractivity contribution >= 4 is 17.7 Å². The third-order valence-electron chi connectivity index (χ3n) is 4.29. The van der Waals surface area contributed by atoms with Crippen molar-refractivity contribution in [1.82, 2.24) is 0 Å². The summed E-state index contributed by atoms with van der Waals surface area (Å²) in [5.41, 5.74) is 1.24.